The maximum absolute atomic E-state index is 12.5. The van der Waals surface area contributed by atoms with Crippen molar-refractivity contribution in [2.24, 2.45) is 0 Å². The molecule has 0 aromatic heterocycles. The van der Waals surface area contributed by atoms with Crippen molar-refractivity contribution in [2.45, 2.75) is 32.4 Å². The van der Waals surface area contributed by atoms with Gasteiger partial charge < -0.3 is 20.1 Å². The monoisotopic (exact) mass is 444 g/mol. The molecule has 1 unspecified atom stereocenters. The van der Waals surface area contributed by atoms with Gasteiger partial charge in [-0.05, 0) is 36.2 Å². The number of aliphatic carboxylic acids is 1. The molecule has 3 amide bonds. The van der Waals surface area contributed by atoms with Crippen LogP contribution in [-0.2, 0) is 19.1 Å². The topological polar surface area (TPSA) is 128 Å². The molecule has 2 aliphatic rings. The van der Waals surface area contributed by atoms with Gasteiger partial charge in [0, 0.05) is 25.7 Å². The number of amides is 3. The first-order valence-electron chi connectivity index (χ1n) is 10.6. The first-order chi connectivity index (χ1) is 15.3. The van der Waals surface area contributed by atoms with Crippen LogP contribution in [0.1, 0.15) is 25.8 Å². The molecular formula is C22H28N4O6. The first kappa shape index (κ1) is 23.3. The number of anilines is 1. The molecule has 1 aromatic rings. The van der Waals surface area contributed by atoms with Crippen LogP contribution in [0.3, 0.4) is 0 Å². The third-order valence-electron chi connectivity index (χ3n) is 5.43. The minimum Gasteiger partial charge on any atom is -0.480 e. The zero-order chi connectivity index (χ0) is 23.3. The number of carbonyl (C=O) groups excluding carboxylic acids is 3. The largest absolute Gasteiger partial charge is 0.480 e. The number of cyclic esters (lactones) is 1. The molecular weight excluding hydrogens is 416 g/mol. The summed E-state index contributed by atoms with van der Waals surface area (Å²) in [6.07, 6.45) is 1.68. The van der Waals surface area contributed by atoms with Gasteiger partial charge >= 0.3 is 12.1 Å². The smallest absolute Gasteiger partial charge is 0.414 e. The van der Waals surface area contributed by atoms with Gasteiger partial charge in [0.15, 0.2) is 6.04 Å². The van der Waals surface area contributed by atoms with Crippen LogP contribution in [0.25, 0.3) is 5.57 Å². The van der Waals surface area contributed by atoms with Gasteiger partial charge in [0.25, 0.3) is 5.91 Å². The van der Waals surface area contributed by atoms with Crippen LogP contribution < -0.4 is 15.5 Å². The second kappa shape index (κ2) is 10.3. The Kier molecular flexibility index (Phi) is 7.47. The van der Waals surface area contributed by atoms with Crippen molar-refractivity contribution in [1.82, 2.24) is 15.5 Å². The van der Waals surface area contributed by atoms with E-state index in [1.807, 2.05) is 30.3 Å². The van der Waals surface area contributed by atoms with E-state index in [-0.39, 0.29) is 12.5 Å². The van der Waals surface area contributed by atoms with Crippen molar-refractivity contribution in [3.63, 3.8) is 0 Å². The van der Waals surface area contributed by atoms with Crippen LogP contribution in [0, 0.1) is 0 Å². The van der Waals surface area contributed by atoms with Gasteiger partial charge in [-0.1, -0.05) is 25.1 Å². The Morgan fingerprint density at radius 2 is 1.97 bits per heavy atom. The van der Waals surface area contributed by atoms with Gasteiger partial charge in [-0.25, -0.2) is 9.59 Å². The van der Waals surface area contributed by atoms with E-state index in [4.69, 9.17) is 4.74 Å². The summed E-state index contributed by atoms with van der Waals surface area (Å²) in [6.45, 7) is 4.96. The van der Waals surface area contributed by atoms with Crippen LogP contribution >= 0.6 is 0 Å². The van der Waals surface area contributed by atoms with Crippen LogP contribution in [0.4, 0.5) is 10.5 Å². The van der Waals surface area contributed by atoms with Crippen LogP contribution in [0.2, 0.25) is 0 Å². The minimum atomic E-state index is -1.23. The van der Waals surface area contributed by atoms with E-state index in [9.17, 15) is 24.3 Å². The van der Waals surface area contributed by atoms with Gasteiger partial charge in [-0.15, -0.1) is 0 Å². The summed E-state index contributed by atoms with van der Waals surface area (Å²) in [6, 6.07) is 6.25. The molecule has 3 rings (SSSR count). The van der Waals surface area contributed by atoms with E-state index in [0.717, 1.165) is 11.1 Å². The molecule has 2 heterocycles. The van der Waals surface area contributed by atoms with E-state index in [0.29, 0.717) is 38.3 Å². The maximum atomic E-state index is 12.5. The molecule has 10 nitrogen and oxygen atoms in total. The Balaban J connectivity index is 1.61. The number of ether oxygens (including phenoxy) is 1. The molecule has 2 atom stereocenters. The number of carboxylic acid groups (broad SMARTS) is 1. The van der Waals surface area contributed by atoms with Crippen LogP contribution in [-0.4, -0.2) is 78.8 Å². The van der Waals surface area contributed by atoms with Crippen LogP contribution in [0.5, 0.6) is 0 Å². The second-order valence-electron chi connectivity index (χ2n) is 7.69. The molecule has 2 aliphatic heterocycles. The Hall–Kier alpha value is -3.40. The second-order valence-corrected chi connectivity index (χ2v) is 7.69. The predicted molar refractivity (Wildman–Crippen MR) is 117 cm³/mol. The maximum Gasteiger partial charge on any atom is 0.414 e. The quantitative estimate of drug-likeness (QED) is 0.507. The van der Waals surface area contributed by atoms with E-state index in [1.54, 1.807) is 6.92 Å². The molecule has 172 valence electrons. The highest BCUT2D eigenvalue weighted by Gasteiger charge is 2.33. The number of carboxylic acids is 1. The summed E-state index contributed by atoms with van der Waals surface area (Å²) in [4.78, 5) is 50.1. The van der Waals surface area contributed by atoms with Gasteiger partial charge in [-0.2, -0.15) is 0 Å². The number of likely N-dealkylation sites (N-methyl/N-ethyl adjacent to an activating group) is 1. The zero-order valence-electron chi connectivity index (χ0n) is 18.2. The summed E-state index contributed by atoms with van der Waals surface area (Å²) in [5, 5.41) is 14.6. The zero-order valence-corrected chi connectivity index (χ0v) is 18.2. The van der Waals surface area contributed by atoms with E-state index in [2.05, 4.69) is 10.6 Å². The van der Waals surface area contributed by atoms with E-state index >= 15 is 0 Å². The third kappa shape index (κ3) is 5.44. The average molecular weight is 444 g/mol. The molecule has 10 heteroatoms. The Morgan fingerprint density at radius 3 is 2.53 bits per heavy atom. The Bertz CT molecular complexity index is 914. The number of nitrogens with zero attached hydrogens (tertiary/aromatic N) is 2. The third-order valence-corrected chi connectivity index (χ3v) is 5.43. The summed E-state index contributed by atoms with van der Waals surface area (Å²) >= 11 is 0. The summed E-state index contributed by atoms with van der Waals surface area (Å²) in [5.41, 5.74) is 2.74. The van der Waals surface area contributed by atoms with Crippen molar-refractivity contribution in [2.75, 3.05) is 37.6 Å². The molecule has 1 fully saturated rings. The van der Waals surface area contributed by atoms with Crippen molar-refractivity contribution in [3.05, 3.63) is 35.9 Å². The predicted octanol–water partition coefficient (Wildman–Crippen LogP) is 0.826. The molecule has 0 bridgehead atoms. The van der Waals surface area contributed by atoms with Gasteiger partial charge in [-0.3, -0.25) is 19.8 Å². The van der Waals surface area contributed by atoms with Crippen molar-refractivity contribution >= 4 is 35.1 Å². The SMILES string of the molecule is CCNC(C(=O)O)C(=O)N1CC=C(c2ccc(N3C[C@H](CNC(C)=O)OC3=O)cc2)CC1. The average Bonchev–Trinajstić information content (AvgIpc) is 3.16. The van der Waals surface area contributed by atoms with Crippen LogP contribution in [0.15, 0.2) is 30.3 Å². The van der Waals surface area contributed by atoms with E-state index < -0.39 is 30.1 Å². The number of rotatable bonds is 8. The highest BCUT2D eigenvalue weighted by molar-refractivity contribution is 6.01. The van der Waals surface area contributed by atoms with Crippen molar-refractivity contribution in [3.8, 4) is 0 Å². The van der Waals surface area contributed by atoms with Gasteiger partial charge in [0.05, 0.1) is 13.1 Å². The lowest BCUT2D eigenvalue weighted by Gasteiger charge is -2.29. The molecule has 0 spiro atoms. The molecule has 0 saturated carbocycles. The standard InChI is InChI=1S/C22H28N4O6/c1-3-23-19(21(29)30)20(28)25-10-8-16(9-11-25)15-4-6-17(7-5-15)26-13-18(32-22(26)31)12-24-14(2)27/h4-8,18-19,23H,3,9-13H2,1-2H3,(H,24,27)(H,29,30)/t18-,19?/m0/s1. The number of benzene rings is 1. The van der Waals surface area contributed by atoms with Gasteiger partial charge in [0.1, 0.15) is 6.10 Å². The molecule has 1 aromatic carbocycles. The summed E-state index contributed by atoms with van der Waals surface area (Å²) < 4.78 is 5.29. The fourth-order valence-electron chi connectivity index (χ4n) is 3.75. The lowest BCUT2D eigenvalue weighted by atomic mass is 9.98. The number of nitrogens with one attached hydrogen (secondary N) is 2. The van der Waals surface area contributed by atoms with Gasteiger partial charge in [0.2, 0.25) is 5.91 Å². The molecule has 3 N–H and O–H groups in total. The lowest BCUT2D eigenvalue weighted by molar-refractivity contribution is -0.147. The van der Waals surface area contributed by atoms with E-state index in [1.165, 1.54) is 16.7 Å². The fraction of sp³-hybridized carbons (Fsp3) is 0.455. The highest BCUT2D eigenvalue weighted by Crippen LogP contribution is 2.27. The fourth-order valence-corrected chi connectivity index (χ4v) is 3.75. The summed E-state index contributed by atoms with van der Waals surface area (Å²) in [5.74, 6) is -1.79. The molecule has 0 aliphatic carbocycles. The number of carbonyl (C=O) groups is 4. The molecule has 32 heavy (non-hydrogen) atoms. The number of hydrogen-bond donors (Lipinski definition) is 3. The normalized spacial score (nSPS) is 19.2. The molecule has 0 radical (unpaired) electrons. The van der Waals surface area contributed by atoms with Crippen molar-refractivity contribution in [1.29, 1.82) is 0 Å². The number of hydrogen-bond acceptors (Lipinski definition) is 6. The summed E-state index contributed by atoms with van der Waals surface area (Å²) in [7, 11) is 0. The lowest BCUT2D eigenvalue weighted by Crippen LogP contribution is -2.51. The highest BCUT2D eigenvalue weighted by atomic mass is 16.6. The Labute approximate surface area is 186 Å². The minimum absolute atomic E-state index is 0.176. The van der Waals surface area contributed by atoms with Crippen molar-refractivity contribution < 1.29 is 29.0 Å². The molecule has 1 saturated heterocycles. The Morgan fingerprint density at radius 1 is 1.25 bits per heavy atom. The first-order valence-corrected chi connectivity index (χ1v) is 10.6.